The number of aromatic nitrogens is 3. The predicted octanol–water partition coefficient (Wildman–Crippen LogP) is 3.33. The molecule has 2 aromatic heterocycles. The summed E-state index contributed by atoms with van der Waals surface area (Å²) in [7, 11) is 1.61. The normalized spacial score (nSPS) is 22.7. The quantitative estimate of drug-likeness (QED) is 0.451. The zero-order valence-corrected chi connectivity index (χ0v) is 27.2. The number of imidazole rings is 1. The maximum atomic E-state index is 14.1. The van der Waals surface area contributed by atoms with Gasteiger partial charge in [0.2, 0.25) is 17.6 Å². The van der Waals surface area contributed by atoms with Gasteiger partial charge in [-0.15, -0.1) is 0 Å². The maximum Gasteiger partial charge on any atom is 0.292 e. The van der Waals surface area contributed by atoms with Crippen molar-refractivity contribution in [2.75, 3.05) is 46.5 Å². The van der Waals surface area contributed by atoms with Crippen LogP contribution in [0.15, 0.2) is 41.2 Å². The van der Waals surface area contributed by atoms with Gasteiger partial charge in [-0.05, 0) is 63.1 Å². The zero-order chi connectivity index (χ0) is 32.8. The van der Waals surface area contributed by atoms with Crippen molar-refractivity contribution in [2.45, 2.75) is 70.6 Å². The summed E-state index contributed by atoms with van der Waals surface area (Å²) in [5, 5.41) is 7.03. The second-order valence-corrected chi connectivity index (χ2v) is 12.4. The van der Waals surface area contributed by atoms with Gasteiger partial charge < -0.3 is 38.4 Å². The Labute approximate surface area is 274 Å². The smallest absolute Gasteiger partial charge is 0.292 e. The highest BCUT2D eigenvalue weighted by Crippen LogP contribution is 2.33. The molecule has 3 aromatic rings. The Bertz CT molecular complexity index is 1550. The summed E-state index contributed by atoms with van der Waals surface area (Å²) in [5.74, 6) is 1.83. The number of hydrogen-bond acceptors (Lipinski definition) is 9. The lowest BCUT2D eigenvalue weighted by molar-refractivity contribution is -0.146. The number of hydrogen-bond donors (Lipinski definition) is 1. The van der Waals surface area contributed by atoms with Gasteiger partial charge in [-0.3, -0.25) is 14.4 Å². The predicted molar refractivity (Wildman–Crippen MR) is 171 cm³/mol. The molecule has 0 radical (unpaired) electrons. The number of aryl methyl sites for hydroxylation is 1. The van der Waals surface area contributed by atoms with Crippen LogP contribution < -0.4 is 14.8 Å². The Balaban J connectivity index is 1.23. The van der Waals surface area contributed by atoms with Crippen molar-refractivity contribution < 1.29 is 33.1 Å². The van der Waals surface area contributed by atoms with Gasteiger partial charge in [0, 0.05) is 62.7 Å². The van der Waals surface area contributed by atoms with E-state index in [9.17, 15) is 14.4 Å². The Kier molecular flexibility index (Phi) is 10.4. The molecule has 3 atom stereocenters. The number of amides is 3. The molecule has 3 aliphatic rings. The monoisotopic (exact) mass is 648 g/mol. The lowest BCUT2D eigenvalue weighted by Gasteiger charge is -2.40. The number of methoxy groups -OCH3 is 1. The molecule has 2 fully saturated rings. The van der Waals surface area contributed by atoms with Gasteiger partial charge in [0.15, 0.2) is 11.5 Å². The first kappa shape index (κ1) is 32.5. The maximum absolute atomic E-state index is 14.1. The van der Waals surface area contributed by atoms with Crippen molar-refractivity contribution >= 4 is 17.7 Å². The number of ether oxygens (including phenoxy) is 3. The third kappa shape index (κ3) is 7.61. The van der Waals surface area contributed by atoms with Gasteiger partial charge in [-0.25, -0.2) is 4.98 Å². The molecular weight excluding hydrogens is 604 g/mol. The molecule has 0 spiro atoms. The fourth-order valence-corrected chi connectivity index (χ4v) is 6.72. The van der Waals surface area contributed by atoms with Crippen molar-refractivity contribution in [1.82, 2.24) is 29.8 Å². The van der Waals surface area contributed by atoms with E-state index in [4.69, 9.17) is 18.7 Å². The number of benzene rings is 1. The summed E-state index contributed by atoms with van der Waals surface area (Å²) < 4.78 is 25.0. The van der Waals surface area contributed by atoms with Crippen LogP contribution in [0.1, 0.15) is 61.7 Å². The van der Waals surface area contributed by atoms with Crippen LogP contribution in [-0.4, -0.2) is 101 Å². The summed E-state index contributed by atoms with van der Waals surface area (Å²) in [6, 6.07) is 7.40. The largest absolute Gasteiger partial charge is 0.493 e. The SMILES string of the molecule is CCc1cc(C(=O)N2CCCCN(C(=O)[C@H]3CC[C@@H]4NC(=O)CO[C@H]4C3)CCn3ccnc3-c3ccc(OC)c(c3)OCCC2)on1. The van der Waals surface area contributed by atoms with Crippen LogP contribution in [0.5, 0.6) is 11.5 Å². The summed E-state index contributed by atoms with van der Waals surface area (Å²) in [6.45, 7) is 4.99. The number of nitrogens with zero attached hydrogens (tertiary/aromatic N) is 5. The number of fused-ring (bicyclic) bond motifs is 5. The first-order valence-corrected chi connectivity index (χ1v) is 16.7. The van der Waals surface area contributed by atoms with Crippen molar-refractivity contribution in [3.63, 3.8) is 0 Å². The van der Waals surface area contributed by atoms with Crippen molar-refractivity contribution in [3.05, 3.63) is 48.1 Å². The molecule has 13 nitrogen and oxygen atoms in total. The molecule has 1 aromatic carbocycles. The molecule has 3 amide bonds. The van der Waals surface area contributed by atoms with Crippen LogP contribution in [0.25, 0.3) is 11.4 Å². The molecule has 47 heavy (non-hydrogen) atoms. The fraction of sp³-hybridized carbons (Fsp3) is 0.559. The second kappa shape index (κ2) is 15.0. The van der Waals surface area contributed by atoms with Crippen LogP contribution in [0.4, 0.5) is 0 Å². The van der Waals surface area contributed by atoms with Crippen LogP contribution in [-0.2, 0) is 27.3 Å². The van der Waals surface area contributed by atoms with E-state index in [0.29, 0.717) is 89.4 Å². The highest BCUT2D eigenvalue weighted by atomic mass is 16.5. The molecule has 1 saturated carbocycles. The molecule has 4 heterocycles. The molecule has 2 aliphatic heterocycles. The molecule has 13 heteroatoms. The molecule has 1 saturated heterocycles. The fourth-order valence-electron chi connectivity index (χ4n) is 6.72. The Hall–Kier alpha value is -4.39. The molecule has 2 bridgehead atoms. The van der Waals surface area contributed by atoms with Crippen LogP contribution in [0.3, 0.4) is 0 Å². The minimum atomic E-state index is -0.204. The summed E-state index contributed by atoms with van der Waals surface area (Å²) in [5.41, 5.74) is 1.61. The van der Waals surface area contributed by atoms with Crippen molar-refractivity contribution in [1.29, 1.82) is 0 Å². The molecule has 1 aliphatic carbocycles. The minimum absolute atomic E-state index is 0.0375. The van der Waals surface area contributed by atoms with E-state index in [1.165, 1.54) is 0 Å². The number of nitrogens with one attached hydrogen (secondary N) is 1. The lowest BCUT2D eigenvalue weighted by Crippen LogP contribution is -2.55. The summed E-state index contributed by atoms with van der Waals surface area (Å²) in [6.07, 6.45) is 8.26. The van der Waals surface area contributed by atoms with Gasteiger partial charge >= 0.3 is 0 Å². The van der Waals surface area contributed by atoms with Crippen LogP contribution in [0, 0.1) is 5.92 Å². The molecule has 0 unspecified atom stereocenters. The molecular formula is C34H44N6O7. The lowest BCUT2D eigenvalue weighted by atomic mass is 9.82. The topological polar surface area (TPSA) is 141 Å². The van der Waals surface area contributed by atoms with E-state index in [2.05, 4.69) is 20.0 Å². The average molecular weight is 649 g/mol. The van der Waals surface area contributed by atoms with Gasteiger partial charge in [0.05, 0.1) is 31.6 Å². The Morgan fingerprint density at radius 3 is 2.68 bits per heavy atom. The average Bonchev–Trinajstić information content (AvgIpc) is 3.78. The van der Waals surface area contributed by atoms with Gasteiger partial charge in [-0.2, -0.15) is 0 Å². The number of carbonyl (C=O) groups excluding carboxylic acids is 3. The highest BCUT2D eigenvalue weighted by molar-refractivity contribution is 5.91. The van der Waals surface area contributed by atoms with Crippen LogP contribution in [0.2, 0.25) is 0 Å². The molecule has 6 rings (SSSR count). The van der Waals surface area contributed by atoms with Gasteiger partial charge in [0.1, 0.15) is 12.4 Å². The summed E-state index contributed by atoms with van der Waals surface area (Å²) >= 11 is 0. The van der Waals surface area contributed by atoms with Crippen molar-refractivity contribution in [2.24, 2.45) is 5.92 Å². The van der Waals surface area contributed by atoms with Gasteiger partial charge in [-0.1, -0.05) is 12.1 Å². The van der Waals surface area contributed by atoms with E-state index in [-0.39, 0.29) is 48.2 Å². The third-order valence-corrected chi connectivity index (χ3v) is 9.33. The second-order valence-electron chi connectivity index (χ2n) is 12.4. The number of morpholine rings is 1. The molecule has 1 N–H and O–H groups in total. The Morgan fingerprint density at radius 1 is 1.04 bits per heavy atom. The third-order valence-electron chi connectivity index (χ3n) is 9.33. The highest BCUT2D eigenvalue weighted by Gasteiger charge is 2.39. The first-order valence-electron chi connectivity index (χ1n) is 16.7. The van der Waals surface area contributed by atoms with E-state index in [0.717, 1.165) is 23.5 Å². The zero-order valence-electron chi connectivity index (χ0n) is 27.2. The number of carbonyl (C=O) groups is 3. The standard InChI is InChI=1S/C34H44N6O7/c1-3-25-21-30(47-37-25)34(43)39-12-4-5-13-40(33(42)24-7-9-26-28(20-24)46-22-31(41)36-26)17-16-38-15-11-35-32(38)23-8-10-27(44-2)29(19-23)45-18-6-14-39/h8,10-11,15,19,21,24,26,28H,3-7,9,12-14,16-18,20,22H2,1-2H3,(H,36,41)/t24-,26-,28-/m0/s1. The summed E-state index contributed by atoms with van der Waals surface area (Å²) in [4.78, 5) is 47.8. The molecule has 252 valence electrons. The van der Waals surface area contributed by atoms with Gasteiger partial charge in [0.25, 0.3) is 5.91 Å². The van der Waals surface area contributed by atoms with E-state index < -0.39 is 0 Å². The van der Waals surface area contributed by atoms with Crippen molar-refractivity contribution in [3.8, 4) is 22.9 Å². The number of rotatable bonds is 4. The van der Waals surface area contributed by atoms with E-state index in [1.807, 2.05) is 36.2 Å². The van der Waals surface area contributed by atoms with E-state index in [1.54, 1.807) is 24.3 Å². The first-order chi connectivity index (χ1) is 22.9. The van der Waals surface area contributed by atoms with Crippen LogP contribution >= 0.6 is 0 Å². The minimum Gasteiger partial charge on any atom is -0.493 e. The Morgan fingerprint density at radius 2 is 1.87 bits per heavy atom. The van der Waals surface area contributed by atoms with E-state index >= 15 is 0 Å².